The number of alkyl halides is 3. The molecule has 1 aliphatic rings. The molecule has 2 amide bonds. The first-order valence-corrected chi connectivity index (χ1v) is 6.47. The third-order valence-electron chi connectivity index (χ3n) is 3.18. The second kappa shape index (κ2) is 6.25. The highest BCUT2D eigenvalue weighted by Gasteiger charge is 2.40. The molecule has 0 saturated carbocycles. The maximum atomic E-state index is 12.3. The number of carbonyl (C=O) groups is 2. The lowest BCUT2D eigenvalue weighted by Crippen LogP contribution is -2.63. The number of nitrogens with one attached hydrogen (secondary N) is 1. The Hall–Kier alpha value is -1.27. The molecule has 0 radical (unpaired) electrons. The Morgan fingerprint density at radius 1 is 1.26 bits per heavy atom. The second-order valence-corrected chi connectivity index (χ2v) is 4.67. The van der Waals surface area contributed by atoms with E-state index in [1.807, 2.05) is 6.92 Å². The molecule has 2 atom stereocenters. The monoisotopic (exact) mass is 280 g/mol. The van der Waals surface area contributed by atoms with Crippen LogP contribution < -0.4 is 5.32 Å². The summed E-state index contributed by atoms with van der Waals surface area (Å²) in [6.07, 6.45) is -4.02. The number of amides is 2. The molecule has 1 fully saturated rings. The summed E-state index contributed by atoms with van der Waals surface area (Å²) >= 11 is 0. The first kappa shape index (κ1) is 15.8. The van der Waals surface area contributed by atoms with Gasteiger partial charge in [-0.2, -0.15) is 13.2 Å². The Kier molecular flexibility index (Phi) is 5.20. The van der Waals surface area contributed by atoms with Crippen molar-refractivity contribution in [1.82, 2.24) is 10.2 Å². The smallest absolute Gasteiger partial charge is 0.343 e. The van der Waals surface area contributed by atoms with E-state index >= 15 is 0 Å². The van der Waals surface area contributed by atoms with Crippen LogP contribution in [0.3, 0.4) is 0 Å². The molecular weight excluding hydrogens is 261 g/mol. The highest BCUT2D eigenvalue weighted by Crippen LogP contribution is 2.23. The molecular formula is C12H19F3N2O2. The molecule has 0 aromatic heterocycles. The molecule has 2 unspecified atom stereocenters. The third-order valence-corrected chi connectivity index (χ3v) is 3.18. The zero-order valence-electron chi connectivity index (χ0n) is 11.1. The number of halogens is 3. The Labute approximate surface area is 110 Å². The second-order valence-electron chi connectivity index (χ2n) is 4.67. The van der Waals surface area contributed by atoms with Gasteiger partial charge in [-0.25, -0.2) is 0 Å². The van der Waals surface area contributed by atoms with Crippen molar-refractivity contribution in [3.63, 3.8) is 0 Å². The molecule has 110 valence electrons. The molecule has 1 aliphatic heterocycles. The van der Waals surface area contributed by atoms with Crippen LogP contribution in [0, 0.1) is 0 Å². The van der Waals surface area contributed by atoms with Crippen LogP contribution in [0.15, 0.2) is 0 Å². The van der Waals surface area contributed by atoms with Gasteiger partial charge >= 0.3 is 6.18 Å². The van der Waals surface area contributed by atoms with Gasteiger partial charge in [-0.15, -0.1) is 0 Å². The van der Waals surface area contributed by atoms with Crippen LogP contribution in [0.2, 0.25) is 0 Å². The van der Waals surface area contributed by atoms with Crippen LogP contribution in [0.4, 0.5) is 13.2 Å². The molecule has 0 bridgehead atoms. The van der Waals surface area contributed by atoms with Crippen LogP contribution >= 0.6 is 0 Å². The van der Waals surface area contributed by atoms with Crippen molar-refractivity contribution in [2.24, 2.45) is 0 Å². The van der Waals surface area contributed by atoms with E-state index in [1.165, 1.54) is 0 Å². The quantitative estimate of drug-likeness (QED) is 0.835. The molecule has 1 heterocycles. The summed E-state index contributed by atoms with van der Waals surface area (Å²) in [5.41, 5.74) is 0. The van der Waals surface area contributed by atoms with E-state index in [2.05, 4.69) is 5.32 Å². The predicted octanol–water partition coefficient (Wildman–Crippen LogP) is 1.84. The topological polar surface area (TPSA) is 49.4 Å². The van der Waals surface area contributed by atoms with Crippen LogP contribution in [-0.2, 0) is 9.59 Å². The minimum Gasteiger partial charge on any atom is -0.343 e. The Morgan fingerprint density at radius 2 is 1.89 bits per heavy atom. The molecule has 1 rings (SSSR count). The molecule has 1 saturated heterocycles. The van der Waals surface area contributed by atoms with Gasteiger partial charge in [-0.05, 0) is 12.8 Å². The van der Waals surface area contributed by atoms with E-state index in [-0.39, 0.29) is 5.91 Å². The van der Waals surface area contributed by atoms with E-state index < -0.39 is 37.1 Å². The summed E-state index contributed by atoms with van der Waals surface area (Å²) in [5.74, 6) is -0.764. The maximum absolute atomic E-state index is 12.3. The van der Waals surface area contributed by atoms with Crippen molar-refractivity contribution in [3.05, 3.63) is 0 Å². The number of carbonyl (C=O) groups excluding carboxylic acids is 2. The van der Waals surface area contributed by atoms with Gasteiger partial charge in [0.05, 0.1) is 6.42 Å². The lowest BCUT2D eigenvalue weighted by molar-refractivity contribution is -0.158. The Bertz CT molecular complexity index is 344. The van der Waals surface area contributed by atoms with E-state index in [1.54, 1.807) is 6.92 Å². The number of hydrogen-bond acceptors (Lipinski definition) is 2. The van der Waals surface area contributed by atoms with E-state index in [9.17, 15) is 22.8 Å². The average molecular weight is 280 g/mol. The predicted molar refractivity (Wildman–Crippen MR) is 63.3 cm³/mol. The normalized spacial score (nSPS) is 24.6. The first-order chi connectivity index (χ1) is 8.80. The van der Waals surface area contributed by atoms with Crippen molar-refractivity contribution in [3.8, 4) is 0 Å². The van der Waals surface area contributed by atoms with Gasteiger partial charge in [0.25, 0.3) is 0 Å². The van der Waals surface area contributed by atoms with Gasteiger partial charge in [0, 0.05) is 6.54 Å². The number of nitrogens with zero attached hydrogens (tertiary/aromatic N) is 1. The zero-order valence-corrected chi connectivity index (χ0v) is 11.1. The highest BCUT2D eigenvalue weighted by atomic mass is 19.4. The Balaban J connectivity index is 2.83. The average Bonchev–Trinajstić information content (AvgIpc) is 2.31. The fourth-order valence-electron chi connectivity index (χ4n) is 2.18. The van der Waals surface area contributed by atoms with Gasteiger partial charge in [0.2, 0.25) is 11.8 Å². The maximum Gasteiger partial charge on any atom is 0.390 e. The summed E-state index contributed by atoms with van der Waals surface area (Å²) < 4.78 is 36.9. The zero-order chi connectivity index (χ0) is 14.6. The van der Waals surface area contributed by atoms with E-state index in [4.69, 9.17) is 0 Å². The van der Waals surface area contributed by atoms with Crippen molar-refractivity contribution >= 4 is 11.8 Å². The minimum atomic E-state index is -4.33. The Morgan fingerprint density at radius 3 is 2.37 bits per heavy atom. The lowest BCUT2D eigenvalue weighted by atomic mass is 10.0. The van der Waals surface area contributed by atoms with Gasteiger partial charge in [-0.3, -0.25) is 9.59 Å². The van der Waals surface area contributed by atoms with E-state index in [0.717, 1.165) is 4.90 Å². The number of hydrogen-bond donors (Lipinski definition) is 1. The lowest BCUT2D eigenvalue weighted by Gasteiger charge is -2.39. The summed E-state index contributed by atoms with van der Waals surface area (Å²) in [4.78, 5) is 25.0. The van der Waals surface area contributed by atoms with Crippen molar-refractivity contribution in [2.75, 3.05) is 6.54 Å². The largest absolute Gasteiger partial charge is 0.390 e. The van der Waals surface area contributed by atoms with E-state index in [0.29, 0.717) is 19.3 Å². The van der Waals surface area contributed by atoms with Crippen LogP contribution in [-0.4, -0.2) is 41.5 Å². The molecule has 0 aromatic rings. The summed E-state index contributed by atoms with van der Waals surface area (Å²) in [6, 6.07) is -1.48. The summed E-state index contributed by atoms with van der Waals surface area (Å²) in [7, 11) is 0. The summed E-state index contributed by atoms with van der Waals surface area (Å²) in [5, 5.41) is 2.57. The molecule has 4 nitrogen and oxygen atoms in total. The number of piperazine rings is 1. The molecule has 7 heteroatoms. The molecule has 0 spiro atoms. The first-order valence-electron chi connectivity index (χ1n) is 6.47. The van der Waals surface area contributed by atoms with Crippen molar-refractivity contribution in [1.29, 1.82) is 0 Å². The van der Waals surface area contributed by atoms with Crippen molar-refractivity contribution in [2.45, 2.75) is 57.8 Å². The fraction of sp³-hybridized carbons (Fsp3) is 0.833. The van der Waals surface area contributed by atoms with Crippen LogP contribution in [0.5, 0.6) is 0 Å². The third kappa shape index (κ3) is 4.11. The summed E-state index contributed by atoms with van der Waals surface area (Å²) in [6.45, 7) is 3.09. The van der Waals surface area contributed by atoms with Crippen LogP contribution in [0.1, 0.15) is 39.5 Å². The van der Waals surface area contributed by atoms with Gasteiger partial charge in [-0.1, -0.05) is 20.3 Å². The molecule has 0 aromatic carbocycles. The van der Waals surface area contributed by atoms with Gasteiger partial charge < -0.3 is 10.2 Å². The number of rotatable bonds is 5. The highest BCUT2D eigenvalue weighted by molar-refractivity contribution is 5.96. The standard InChI is InChI=1S/C12H19F3N2O2/c1-3-5-9-10(18)16-8(4-2)11(19)17(9)7-6-12(13,14)15/h8-9H,3-7H2,1-2H3,(H,16,18). The fourth-order valence-corrected chi connectivity index (χ4v) is 2.18. The van der Waals surface area contributed by atoms with Gasteiger partial charge in [0.1, 0.15) is 12.1 Å². The minimum absolute atomic E-state index is 0.351. The SMILES string of the molecule is CCCC1C(=O)NC(CC)C(=O)N1CCC(F)(F)F. The van der Waals surface area contributed by atoms with Crippen molar-refractivity contribution < 1.29 is 22.8 Å². The van der Waals surface area contributed by atoms with Gasteiger partial charge in [0.15, 0.2) is 0 Å². The molecule has 0 aliphatic carbocycles. The molecule has 1 N–H and O–H groups in total. The van der Waals surface area contributed by atoms with Crippen LogP contribution in [0.25, 0.3) is 0 Å². The molecule has 19 heavy (non-hydrogen) atoms.